The molecule has 2 aromatic rings. The summed E-state index contributed by atoms with van der Waals surface area (Å²) in [6.45, 7) is 0.131. The molecular weight excluding hydrogens is 294 g/mol. The van der Waals surface area contributed by atoms with Crippen LogP contribution in [0.4, 0.5) is 5.69 Å². The average Bonchev–Trinajstić information content (AvgIpc) is 2.61. The summed E-state index contributed by atoms with van der Waals surface area (Å²) in [5.74, 6) is 1.31. The van der Waals surface area contributed by atoms with Gasteiger partial charge >= 0.3 is 0 Å². The fourth-order valence-electron chi connectivity index (χ4n) is 1.80. The van der Waals surface area contributed by atoms with Crippen LogP contribution in [-0.2, 0) is 4.79 Å². The lowest BCUT2D eigenvalue weighted by molar-refractivity contribution is -0.119. The van der Waals surface area contributed by atoms with E-state index >= 15 is 0 Å². The lowest BCUT2D eigenvalue weighted by Crippen LogP contribution is -2.25. The van der Waals surface area contributed by atoms with E-state index in [1.165, 1.54) is 0 Å². The number of carbonyl (C=O) groups is 1. The van der Waals surface area contributed by atoms with Crippen LogP contribution in [0.15, 0.2) is 53.6 Å². The Bertz CT molecular complexity index is 652. The lowest BCUT2D eigenvalue weighted by atomic mass is 10.2. The second-order valence-corrected chi connectivity index (χ2v) is 4.65. The quantitative estimate of drug-likeness (QED) is 0.607. The lowest BCUT2D eigenvalue weighted by Gasteiger charge is -2.06. The van der Waals surface area contributed by atoms with Gasteiger partial charge in [0.15, 0.2) is 0 Å². The van der Waals surface area contributed by atoms with Crippen LogP contribution in [0.25, 0.3) is 0 Å². The largest absolute Gasteiger partial charge is 0.497 e. The molecule has 6 nitrogen and oxygen atoms in total. The molecule has 23 heavy (non-hydrogen) atoms. The molecule has 6 heteroatoms. The highest BCUT2D eigenvalue weighted by molar-refractivity contribution is 5.84. The summed E-state index contributed by atoms with van der Waals surface area (Å²) in [4.78, 5) is 11.7. The maximum atomic E-state index is 11.7. The number of benzene rings is 2. The third-order valence-electron chi connectivity index (χ3n) is 3.06. The molecular formula is C17H19N3O3. The Morgan fingerprint density at radius 1 is 1.00 bits per heavy atom. The van der Waals surface area contributed by atoms with Gasteiger partial charge in [-0.2, -0.15) is 5.10 Å². The molecule has 0 bridgehead atoms. The van der Waals surface area contributed by atoms with Crippen LogP contribution < -0.4 is 20.2 Å². The van der Waals surface area contributed by atoms with Gasteiger partial charge in [0.1, 0.15) is 11.5 Å². The predicted molar refractivity (Wildman–Crippen MR) is 90.2 cm³/mol. The van der Waals surface area contributed by atoms with Crippen molar-refractivity contribution in [3.63, 3.8) is 0 Å². The van der Waals surface area contributed by atoms with Crippen LogP contribution in [-0.4, -0.2) is 32.9 Å². The zero-order valence-electron chi connectivity index (χ0n) is 13.1. The van der Waals surface area contributed by atoms with E-state index in [1.54, 1.807) is 20.4 Å². The molecule has 0 spiro atoms. The summed E-state index contributed by atoms with van der Waals surface area (Å²) >= 11 is 0. The van der Waals surface area contributed by atoms with Gasteiger partial charge in [0, 0.05) is 5.69 Å². The predicted octanol–water partition coefficient (Wildman–Crippen LogP) is 2.27. The summed E-state index contributed by atoms with van der Waals surface area (Å²) in [5.41, 5.74) is 4.17. The average molecular weight is 313 g/mol. The molecule has 2 N–H and O–H groups in total. The van der Waals surface area contributed by atoms with E-state index in [2.05, 4.69) is 15.8 Å². The van der Waals surface area contributed by atoms with E-state index in [-0.39, 0.29) is 12.5 Å². The van der Waals surface area contributed by atoms with Gasteiger partial charge in [-0.05, 0) is 54.1 Å². The Hall–Kier alpha value is -3.02. The topological polar surface area (TPSA) is 72.0 Å². The highest BCUT2D eigenvalue weighted by Crippen LogP contribution is 2.14. The Morgan fingerprint density at radius 2 is 1.57 bits per heavy atom. The zero-order chi connectivity index (χ0) is 16.5. The monoisotopic (exact) mass is 313 g/mol. The minimum absolute atomic E-state index is 0.131. The summed E-state index contributed by atoms with van der Waals surface area (Å²) in [6.07, 6.45) is 1.57. The van der Waals surface area contributed by atoms with Crippen molar-refractivity contribution in [2.24, 2.45) is 5.10 Å². The standard InChI is InChI=1S/C17H19N3O3/c1-22-15-7-3-13(4-8-15)11-19-20-17(21)12-18-14-5-9-16(23-2)10-6-14/h3-11,18H,12H2,1-2H3,(H,20,21)/b19-11+. The fraction of sp³-hybridized carbons (Fsp3) is 0.176. The first-order chi connectivity index (χ1) is 11.2. The molecule has 0 aliphatic heterocycles. The number of carbonyl (C=O) groups excluding carboxylic acids is 1. The van der Waals surface area contributed by atoms with E-state index in [0.717, 1.165) is 22.7 Å². The summed E-state index contributed by atoms with van der Waals surface area (Å²) in [6, 6.07) is 14.7. The summed E-state index contributed by atoms with van der Waals surface area (Å²) in [7, 11) is 3.22. The maximum Gasteiger partial charge on any atom is 0.259 e. The number of hydrogen-bond donors (Lipinski definition) is 2. The van der Waals surface area contributed by atoms with Gasteiger partial charge in [-0.15, -0.1) is 0 Å². The SMILES string of the molecule is COc1ccc(/C=N/NC(=O)CNc2ccc(OC)cc2)cc1. The van der Waals surface area contributed by atoms with E-state index in [9.17, 15) is 4.79 Å². The number of hydrazone groups is 1. The maximum absolute atomic E-state index is 11.7. The molecule has 0 saturated heterocycles. The van der Waals surface area contributed by atoms with Gasteiger partial charge in [-0.1, -0.05) is 0 Å². The molecule has 0 heterocycles. The first-order valence-electron chi connectivity index (χ1n) is 7.05. The number of rotatable bonds is 7. The van der Waals surface area contributed by atoms with Gasteiger partial charge < -0.3 is 14.8 Å². The molecule has 2 aromatic carbocycles. The molecule has 0 aromatic heterocycles. The molecule has 120 valence electrons. The van der Waals surface area contributed by atoms with Crippen LogP contribution >= 0.6 is 0 Å². The van der Waals surface area contributed by atoms with Crippen molar-refractivity contribution in [2.75, 3.05) is 26.1 Å². The van der Waals surface area contributed by atoms with Gasteiger partial charge in [-0.3, -0.25) is 4.79 Å². The molecule has 0 aliphatic rings. The van der Waals surface area contributed by atoms with Crippen molar-refractivity contribution in [1.29, 1.82) is 0 Å². The Kier molecular flexibility index (Phi) is 5.99. The van der Waals surface area contributed by atoms with Crippen molar-refractivity contribution >= 4 is 17.8 Å². The zero-order valence-corrected chi connectivity index (χ0v) is 13.1. The van der Waals surface area contributed by atoms with Crippen LogP contribution in [0.2, 0.25) is 0 Å². The van der Waals surface area contributed by atoms with Gasteiger partial charge in [0.05, 0.1) is 27.0 Å². The summed E-state index contributed by atoms with van der Waals surface area (Å²) < 4.78 is 10.1. The molecule has 0 saturated carbocycles. The van der Waals surface area contributed by atoms with Gasteiger partial charge in [0.25, 0.3) is 5.91 Å². The number of nitrogens with zero attached hydrogens (tertiary/aromatic N) is 1. The van der Waals surface area contributed by atoms with E-state index in [0.29, 0.717) is 0 Å². The molecule has 0 atom stereocenters. The van der Waals surface area contributed by atoms with Crippen LogP contribution in [0.5, 0.6) is 11.5 Å². The number of amides is 1. The number of hydrogen-bond acceptors (Lipinski definition) is 5. The highest BCUT2D eigenvalue weighted by Gasteiger charge is 2.00. The van der Waals surface area contributed by atoms with Crippen LogP contribution in [0.3, 0.4) is 0 Å². The minimum atomic E-state index is -0.231. The molecule has 0 radical (unpaired) electrons. The summed E-state index contributed by atoms with van der Waals surface area (Å²) in [5, 5.41) is 6.91. The van der Waals surface area contributed by atoms with E-state index in [4.69, 9.17) is 9.47 Å². The molecule has 1 amide bonds. The van der Waals surface area contributed by atoms with Gasteiger partial charge in [0.2, 0.25) is 0 Å². The molecule has 0 fully saturated rings. The normalized spacial score (nSPS) is 10.3. The third kappa shape index (κ3) is 5.35. The smallest absolute Gasteiger partial charge is 0.259 e. The number of anilines is 1. The molecule has 0 aliphatic carbocycles. The van der Waals surface area contributed by atoms with Crippen LogP contribution in [0, 0.1) is 0 Å². The number of ether oxygens (including phenoxy) is 2. The third-order valence-corrected chi connectivity index (χ3v) is 3.06. The van der Waals surface area contributed by atoms with Gasteiger partial charge in [-0.25, -0.2) is 5.43 Å². The fourth-order valence-corrected chi connectivity index (χ4v) is 1.80. The second kappa shape index (κ2) is 8.43. The first-order valence-corrected chi connectivity index (χ1v) is 7.05. The Balaban J connectivity index is 1.76. The number of methoxy groups -OCH3 is 2. The van der Waals surface area contributed by atoms with Crippen molar-refractivity contribution in [3.05, 3.63) is 54.1 Å². The number of nitrogens with one attached hydrogen (secondary N) is 2. The van der Waals surface area contributed by atoms with Crippen LogP contribution in [0.1, 0.15) is 5.56 Å². The highest BCUT2D eigenvalue weighted by atomic mass is 16.5. The Labute approximate surface area is 135 Å². The van der Waals surface area contributed by atoms with Crippen molar-refractivity contribution < 1.29 is 14.3 Å². The van der Waals surface area contributed by atoms with Crippen molar-refractivity contribution in [3.8, 4) is 11.5 Å². The first kappa shape index (κ1) is 16.4. The van der Waals surface area contributed by atoms with Crippen molar-refractivity contribution in [1.82, 2.24) is 5.43 Å². The van der Waals surface area contributed by atoms with Crippen molar-refractivity contribution in [2.45, 2.75) is 0 Å². The minimum Gasteiger partial charge on any atom is -0.497 e. The van der Waals surface area contributed by atoms with E-state index in [1.807, 2.05) is 48.5 Å². The van der Waals surface area contributed by atoms with E-state index < -0.39 is 0 Å². The Morgan fingerprint density at radius 3 is 2.13 bits per heavy atom. The molecule has 0 unspecified atom stereocenters. The second-order valence-electron chi connectivity index (χ2n) is 4.65. The molecule has 2 rings (SSSR count).